The minimum Gasteiger partial charge on any atom is -0.497 e. The number of carbonyl (C=O) groups excluding carboxylic acids is 1. The van der Waals surface area contributed by atoms with Crippen molar-refractivity contribution in [2.75, 3.05) is 25.1 Å². The first kappa shape index (κ1) is 26.3. The number of nitrogens with one attached hydrogen (secondary N) is 1. The molecule has 0 bridgehead atoms. The highest BCUT2D eigenvalue weighted by molar-refractivity contribution is 7.92. The van der Waals surface area contributed by atoms with Gasteiger partial charge in [0.1, 0.15) is 29.4 Å². The van der Waals surface area contributed by atoms with E-state index in [1.807, 2.05) is 32.9 Å². The lowest BCUT2D eigenvalue weighted by Crippen LogP contribution is -2.45. The van der Waals surface area contributed by atoms with Crippen LogP contribution in [0.3, 0.4) is 0 Å². The van der Waals surface area contributed by atoms with Crippen molar-refractivity contribution in [2.24, 2.45) is 0 Å². The lowest BCUT2D eigenvalue weighted by molar-refractivity contribution is -0.120. The molecule has 1 N–H and O–H groups in total. The molecular weight excluding hydrogens is 492 g/mol. The first-order chi connectivity index (χ1) is 17.5. The Morgan fingerprint density at radius 1 is 1.05 bits per heavy atom. The third-order valence-electron chi connectivity index (χ3n) is 6.26. The van der Waals surface area contributed by atoms with Gasteiger partial charge in [-0.2, -0.15) is 0 Å². The van der Waals surface area contributed by atoms with Crippen LogP contribution < -0.4 is 23.8 Å². The standard InChI is InChI=1S/C28H32N2O6S/c1-19-10-13-21(14-11-19)37(32,33)30(24-8-6-7-9-25(24)35-5)18-27(31)29-23-17-28(2,3)36-26-16-20(34-4)12-15-22(23)26/h6-16,23H,17-18H2,1-5H3,(H,29,31). The van der Waals surface area contributed by atoms with Gasteiger partial charge in [-0.05, 0) is 57.2 Å². The number of methoxy groups -OCH3 is 2. The highest BCUT2D eigenvalue weighted by Crippen LogP contribution is 2.41. The summed E-state index contributed by atoms with van der Waals surface area (Å²) in [7, 11) is -1.04. The maximum atomic E-state index is 13.8. The first-order valence-corrected chi connectivity index (χ1v) is 13.4. The topological polar surface area (TPSA) is 94.2 Å². The van der Waals surface area contributed by atoms with Gasteiger partial charge in [0.2, 0.25) is 5.91 Å². The Hall–Kier alpha value is -3.72. The predicted octanol–water partition coefficient (Wildman–Crippen LogP) is 4.63. The van der Waals surface area contributed by atoms with Crippen LogP contribution in [0.1, 0.15) is 37.4 Å². The SMILES string of the molecule is COc1ccc2c(c1)OC(C)(C)CC2NC(=O)CN(c1ccccc1OC)S(=O)(=O)c1ccc(C)cc1. The van der Waals surface area contributed by atoms with Crippen LogP contribution in [0, 0.1) is 6.92 Å². The molecule has 1 heterocycles. The lowest BCUT2D eigenvalue weighted by Gasteiger charge is -2.38. The fraction of sp³-hybridized carbons (Fsp3) is 0.321. The maximum absolute atomic E-state index is 13.8. The molecule has 1 aliphatic rings. The van der Waals surface area contributed by atoms with Crippen molar-refractivity contribution >= 4 is 21.6 Å². The van der Waals surface area contributed by atoms with Crippen molar-refractivity contribution in [3.63, 3.8) is 0 Å². The number of hydrogen-bond donors (Lipinski definition) is 1. The minimum absolute atomic E-state index is 0.0847. The molecule has 1 aliphatic heterocycles. The summed E-state index contributed by atoms with van der Waals surface area (Å²) in [4.78, 5) is 13.5. The second-order valence-corrected chi connectivity index (χ2v) is 11.4. The Labute approximate surface area is 218 Å². The fourth-order valence-electron chi connectivity index (χ4n) is 4.43. The van der Waals surface area contributed by atoms with Crippen molar-refractivity contribution in [1.82, 2.24) is 5.32 Å². The van der Waals surface area contributed by atoms with Gasteiger partial charge in [-0.1, -0.05) is 29.8 Å². The van der Waals surface area contributed by atoms with Crippen molar-refractivity contribution < 1.29 is 27.4 Å². The van der Waals surface area contributed by atoms with Gasteiger partial charge in [-0.15, -0.1) is 0 Å². The average Bonchev–Trinajstić information content (AvgIpc) is 2.86. The predicted molar refractivity (Wildman–Crippen MR) is 142 cm³/mol. The summed E-state index contributed by atoms with van der Waals surface area (Å²) in [5.41, 5.74) is 1.46. The van der Waals surface area contributed by atoms with E-state index in [1.165, 1.54) is 19.2 Å². The van der Waals surface area contributed by atoms with Gasteiger partial charge < -0.3 is 19.5 Å². The number of anilines is 1. The van der Waals surface area contributed by atoms with E-state index in [0.717, 1.165) is 15.4 Å². The molecule has 3 aromatic carbocycles. The van der Waals surface area contributed by atoms with Crippen molar-refractivity contribution in [3.05, 3.63) is 77.9 Å². The highest BCUT2D eigenvalue weighted by Gasteiger charge is 2.36. The molecule has 0 saturated heterocycles. The normalized spacial score (nSPS) is 16.2. The van der Waals surface area contributed by atoms with Crippen molar-refractivity contribution in [1.29, 1.82) is 0 Å². The van der Waals surface area contributed by atoms with Gasteiger partial charge in [0.25, 0.3) is 10.0 Å². The van der Waals surface area contributed by atoms with E-state index in [0.29, 0.717) is 23.7 Å². The fourth-order valence-corrected chi connectivity index (χ4v) is 5.86. The van der Waals surface area contributed by atoms with Crippen molar-refractivity contribution in [3.8, 4) is 17.2 Å². The number of fused-ring (bicyclic) bond motifs is 1. The third-order valence-corrected chi connectivity index (χ3v) is 8.04. The molecule has 37 heavy (non-hydrogen) atoms. The Morgan fingerprint density at radius 2 is 1.76 bits per heavy atom. The second kappa shape index (κ2) is 10.3. The number of sulfonamides is 1. The van der Waals surface area contributed by atoms with Gasteiger partial charge >= 0.3 is 0 Å². The Balaban J connectivity index is 1.68. The summed E-state index contributed by atoms with van der Waals surface area (Å²) in [5, 5.41) is 3.03. The zero-order valence-electron chi connectivity index (χ0n) is 21.6. The van der Waals surface area contributed by atoms with Gasteiger partial charge in [-0.25, -0.2) is 8.42 Å². The van der Waals surface area contributed by atoms with Crippen LogP contribution in [-0.4, -0.2) is 40.7 Å². The molecule has 1 atom stereocenters. The van der Waals surface area contributed by atoms with Gasteiger partial charge in [0.05, 0.1) is 30.8 Å². The van der Waals surface area contributed by atoms with Crippen LogP contribution in [0.25, 0.3) is 0 Å². The molecule has 1 unspecified atom stereocenters. The molecule has 9 heteroatoms. The van der Waals surface area contributed by atoms with Crippen molar-refractivity contribution in [2.45, 2.75) is 43.7 Å². The van der Waals surface area contributed by atoms with E-state index in [-0.39, 0.29) is 16.6 Å². The van der Waals surface area contributed by atoms with Gasteiger partial charge in [0, 0.05) is 18.1 Å². The van der Waals surface area contributed by atoms with Crippen LogP contribution in [0.5, 0.6) is 17.2 Å². The number of rotatable bonds is 8. The number of ether oxygens (including phenoxy) is 3. The molecule has 3 aromatic rings. The molecule has 0 aliphatic carbocycles. The average molecular weight is 525 g/mol. The number of nitrogens with zero attached hydrogens (tertiary/aromatic N) is 1. The van der Waals surface area contributed by atoms with E-state index < -0.39 is 28.1 Å². The van der Waals surface area contributed by atoms with E-state index in [4.69, 9.17) is 14.2 Å². The lowest BCUT2D eigenvalue weighted by atomic mass is 9.89. The molecule has 196 valence electrons. The molecule has 0 saturated carbocycles. The maximum Gasteiger partial charge on any atom is 0.264 e. The summed E-state index contributed by atoms with van der Waals surface area (Å²) in [6.45, 7) is 5.33. The number of hydrogen-bond acceptors (Lipinski definition) is 6. The summed E-state index contributed by atoms with van der Waals surface area (Å²) in [6.07, 6.45) is 0.511. The smallest absolute Gasteiger partial charge is 0.264 e. The number of carbonyl (C=O) groups is 1. The first-order valence-electron chi connectivity index (χ1n) is 11.9. The number of aryl methyl sites for hydroxylation is 1. The van der Waals surface area contributed by atoms with Crippen LogP contribution in [0.15, 0.2) is 71.6 Å². The van der Waals surface area contributed by atoms with Crippen LogP contribution >= 0.6 is 0 Å². The molecule has 0 radical (unpaired) electrons. The van der Waals surface area contributed by atoms with Gasteiger partial charge in [0.15, 0.2) is 0 Å². The van der Waals surface area contributed by atoms with E-state index in [9.17, 15) is 13.2 Å². The summed E-state index contributed by atoms with van der Waals surface area (Å²) in [5.74, 6) is 1.16. The van der Waals surface area contributed by atoms with Crippen LogP contribution in [0.2, 0.25) is 0 Å². The third kappa shape index (κ3) is 5.67. The Morgan fingerprint density at radius 3 is 2.43 bits per heavy atom. The largest absolute Gasteiger partial charge is 0.497 e. The summed E-state index contributed by atoms with van der Waals surface area (Å²) < 4.78 is 45.5. The Kier molecular flexibility index (Phi) is 7.36. The molecule has 8 nitrogen and oxygen atoms in total. The van der Waals surface area contributed by atoms with E-state index >= 15 is 0 Å². The molecule has 0 aromatic heterocycles. The monoisotopic (exact) mass is 524 g/mol. The highest BCUT2D eigenvalue weighted by atomic mass is 32.2. The Bertz CT molecular complexity index is 1390. The molecule has 1 amide bonds. The number of amides is 1. The molecule has 0 spiro atoms. The second-order valence-electron chi connectivity index (χ2n) is 9.59. The minimum atomic E-state index is -4.08. The zero-order chi connectivity index (χ0) is 26.8. The quantitative estimate of drug-likeness (QED) is 0.462. The van der Waals surface area contributed by atoms with Gasteiger partial charge in [-0.3, -0.25) is 9.10 Å². The zero-order valence-corrected chi connectivity index (χ0v) is 22.5. The number of benzene rings is 3. The van der Waals surface area contributed by atoms with Crippen LogP contribution in [0.4, 0.5) is 5.69 Å². The van der Waals surface area contributed by atoms with E-state index in [1.54, 1.807) is 49.6 Å². The molecule has 0 fully saturated rings. The molecule has 4 rings (SSSR count). The summed E-state index contributed by atoms with van der Waals surface area (Å²) >= 11 is 0. The van der Waals surface area contributed by atoms with E-state index in [2.05, 4.69) is 5.32 Å². The molecular formula is C28H32N2O6S. The van der Waals surface area contributed by atoms with Crippen LogP contribution in [-0.2, 0) is 14.8 Å². The summed E-state index contributed by atoms with van der Waals surface area (Å²) in [6, 6.07) is 18.3. The number of para-hydroxylation sites is 2.